The Morgan fingerprint density at radius 1 is 1.11 bits per heavy atom. The first kappa shape index (κ1) is 24.9. The molecule has 4 nitrogen and oxygen atoms in total. The number of allylic oxidation sites excluding steroid dienone is 4. The van der Waals surface area contributed by atoms with Gasteiger partial charge in [-0.15, -0.1) is 0 Å². The van der Waals surface area contributed by atoms with Gasteiger partial charge in [-0.1, -0.05) is 53.2 Å². The Bertz CT molecular complexity index is 1050. The lowest BCUT2D eigenvalue weighted by atomic mass is 9.34. The van der Waals surface area contributed by atoms with E-state index in [0.29, 0.717) is 29.7 Å². The normalized spacial score (nSPS) is 48.3. The third-order valence-electron chi connectivity index (χ3n) is 12.6. The van der Waals surface area contributed by atoms with Gasteiger partial charge in [0, 0.05) is 5.92 Å². The summed E-state index contributed by atoms with van der Waals surface area (Å²) in [6.07, 6.45) is 11.5. The molecule has 0 aromatic heterocycles. The summed E-state index contributed by atoms with van der Waals surface area (Å²) in [4.78, 5) is 17.1. The van der Waals surface area contributed by atoms with Crippen molar-refractivity contribution in [3.05, 3.63) is 34.5 Å². The monoisotopic (exact) mass is 479 g/mol. The van der Waals surface area contributed by atoms with E-state index in [0.717, 1.165) is 51.4 Å². The largest absolute Gasteiger partial charge is 0.523 e. The molecule has 0 saturated heterocycles. The molecule has 0 heterocycles. The summed E-state index contributed by atoms with van der Waals surface area (Å²) in [6, 6.07) is 0. The van der Waals surface area contributed by atoms with Crippen LogP contribution in [0.25, 0.3) is 4.85 Å². The summed E-state index contributed by atoms with van der Waals surface area (Å²) >= 11 is 0. The second-order valence-electron chi connectivity index (χ2n) is 14.3. The molecule has 4 heteroatoms. The van der Waals surface area contributed by atoms with Crippen LogP contribution in [-0.2, 0) is 9.53 Å². The van der Waals surface area contributed by atoms with Crippen molar-refractivity contribution in [2.45, 2.75) is 99.3 Å². The SMILES string of the molecule is [C-]#[N+]C1=C(O)[C@@H](C)[C@@H]2CC[C@]3(C)[C@H](CC=C4[C@@H]5CC(C)(C)CC[C@]5(C(=O)OC)CC[C@]43C)[C@@]2(C)C1. The molecule has 5 aliphatic rings. The Balaban J connectivity index is 1.61. The molecule has 0 aromatic carbocycles. The van der Waals surface area contributed by atoms with Crippen molar-refractivity contribution in [3.63, 3.8) is 0 Å². The lowest BCUT2D eigenvalue weighted by molar-refractivity contribution is -0.178. The summed E-state index contributed by atoms with van der Waals surface area (Å²) in [5.74, 6) is 1.54. The van der Waals surface area contributed by atoms with Crippen molar-refractivity contribution >= 4 is 5.97 Å². The second-order valence-corrected chi connectivity index (χ2v) is 14.3. The molecule has 0 aliphatic heterocycles. The van der Waals surface area contributed by atoms with Gasteiger partial charge in [0.1, 0.15) is 0 Å². The van der Waals surface area contributed by atoms with Crippen LogP contribution in [0.15, 0.2) is 23.1 Å². The van der Waals surface area contributed by atoms with Crippen LogP contribution in [0.4, 0.5) is 0 Å². The molecule has 3 saturated carbocycles. The zero-order valence-electron chi connectivity index (χ0n) is 23.0. The highest BCUT2D eigenvalue weighted by Gasteiger charge is 2.68. The van der Waals surface area contributed by atoms with E-state index in [9.17, 15) is 9.90 Å². The van der Waals surface area contributed by atoms with Crippen LogP contribution in [0, 0.1) is 57.3 Å². The lowest BCUT2D eigenvalue weighted by Gasteiger charge is -2.69. The Morgan fingerprint density at radius 3 is 2.46 bits per heavy atom. The standard InChI is InChI=1S/C31H45NO3/c1-19-20-11-12-30(6)24(28(20,4)18-23(32-7)25(19)33)10-9-21-22-17-27(2,3)13-15-31(22,26(34)35-8)16-14-29(21,30)5/h9,19-20,22,24,33H,10-18H2,1-6,8H3/t19-,20-,22-,24+,28-,29+,30+,31-/m0/s1. The van der Waals surface area contributed by atoms with Crippen LogP contribution in [0.1, 0.15) is 99.3 Å². The van der Waals surface area contributed by atoms with Crippen LogP contribution in [0.5, 0.6) is 0 Å². The first-order valence-electron chi connectivity index (χ1n) is 13.9. The molecular formula is C31H45NO3. The number of methoxy groups -OCH3 is 1. The summed E-state index contributed by atoms with van der Waals surface area (Å²) in [5, 5.41) is 10.8. The average molecular weight is 480 g/mol. The molecule has 0 bridgehead atoms. The number of hydrogen-bond acceptors (Lipinski definition) is 3. The Hall–Kier alpha value is -1.76. The lowest BCUT2D eigenvalue weighted by Crippen LogP contribution is -2.63. The van der Waals surface area contributed by atoms with Gasteiger partial charge in [-0.25, -0.2) is 4.85 Å². The quantitative estimate of drug-likeness (QED) is 0.236. The summed E-state index contributed by atoms with van der Waals surface area (Å²) in [6.45, 7) is 22.1. The molecule has 192 valence electrons. The highest BCUT2D eigenvalue weighted by atomic mass is 16.5. The van der Waals surface area contributed by atoms with E-state index in [1.165, 1.54) is 5.57 Å². The highest BCUT2D eigenvalue weighted by molar-refractivity contribution is 5.78. The third kappa shape index (κ3) is 3.05. The fourth-order valence-corrected chi connectivity index (χ4v) is 10.3. The van der Waals surface area contributed by atoms with E-state index in [1.807, 2.05) is 0 Å². The summed E-state index contributed by atoms with van der Waals surface area (Å²) in [7, 11) is 1.57. The van der Waals surface area contributed by atoms with E-state index < -0.39 is 0 Å². The average Bonchev–Trinajstić information content (AvgIpc) is 2.81. The molecule has 0 unspecified atom stereocenters. The van der Waals surface area contributed by atoms with Gasteiger partial charge in [0.15, 0.2) is 0 Å². The maximum Gasteiger partial charge on any atom is 0.312 e. The maximum absolute atomic E-state index is 13.3. The van der Waals surface area contributed by atoms with E-state index >= 15 is 0 Å². The van der Waals surface area contributed by atoms with Gasteiger partial charge in [0.2, 0.25) is 5.70 Å². The van der Waals surface area contributed by atoms with Gasteiger partial charge < -0.3 is 9.84 Å². The van der Waals surface area contributed by atoms with Crippen LogP contribution in [0.2, 0.25) is 0 Å². The number of ether oxygens (including phenoxy) is 1. The first-order valence-corrected chi connectivity index (χ1v) is 13.9. The number of nitrogens with zero attached hydrogens (tertiary/aromatic N) is 1. The Kier molecular flexibility index (Phi) is 5.43. The minimum absolute atomic E-state index is 0.00624. The summed E-state index contributed by atoms with van der Waals surface area (Å²) in [5.41, 5.74) is 2.15. The highest BCUT2D eigenvalue weighted by Crippen LogP contribution is 2.75. The van der Waals surface area contributed by atoms with Gasteiger partial charge in [0.25, 0.3) is 0 Å². The number of aliphatic hydroxyl groups is 1. The molecule has 5 aliphatic carbocycles. The predicted octanol–water partition coefficient (Wildman–Crippen LogP) is 7.87. The van der Waals surface area contributed by atoms with Gasteiger partial charge in [0.05, 0.1) is 24.9 Å². The summed E-state index contributed by atoms with van der Waals surface area (Å²) < 4.78 is 5.47. The molecule has 3 fully saturated rings. The molecule has 0 aromatic rings. The maximum atomic E-state index is 13.3. The molecule has 1 N–H and O–H groups in total. The zero-order valence-corrected chi connectivity index (χ0v) is 23.0. The van der Waals surface area contributed by atoms with Crippen molar-refractivity contribution < 1.29 is 14.6 Å². The number of fused-ring (bicyclic) bond motifs is 7. The molecule has 8 atom stereocenters. The van der Waals surface area contributed by atoms with Crippen LogP contribution in [0.3, 0.4) is 0 Å². The van der Waals surface area contributed by atoms with E-state index in [4.69, 9.17) is 11.3 Å². The van der Waals surface area contributed by atoms with Crippen molar-refractivity contribution in [1.82, 2.24) is 0 Å². The predicted molar refractivity (Wildman–Crippen MR) is 138 cm³/mol. The van der Waals surface area contributed by atoms with Crippen LogP contribution in [-0.4, -0.2) is 18.2 Å². The molecule has 0 radical (unpaired) electrons. The fourth-order valence-electron chi connectivity index (χ4n) is 10.3. The van der Waals surface area contributed by atoms with Gasteiger partial charge in [-0.3, -0.25) is 4.79 Å². The Morgan fingerprint density at radius 2 is 1.80 bits per heavy atom. The number of rotatable bonds is 1. The number of hydrogen-bond donors (Lipinski definition) is 1. The molecule has 0 spiro atoms. The van der Waals surface area contributed by atoms with Crippen molar-refractivity contribution in [2.24, 2.45) is 50.7 Å². The topological polar surface area (TPSA) is 50.9 Å². The smallest absolute Gasteiger partial charge is 0.312 e. The van der Waals surface area contributed by atoms with Gasteiger partial charge >= 0.3 is 5.97 Å². The number of carbonyl (C=O) groups excluding carboxylic acids is 1. The van der Waals surface area contributed by atoms with E-state index in [2.05, 4.69) is 52.5 Å². The van der Waals surface area contributed by atoms with Crippen molar-refractivity contribution in [3.8, 4) is 0 Å². The van der Waals surface area contributed by atoms with Gasteiger partial charge in [-0.05, 0) is 97.2 Å². The zero-order chi connectivity index (χ0) is 25.6. The molecule has 0 amide bonds. The van der Waals surface area contributed by atoms with Crippen LogP contribution < -0.4 is 0 Å². The molecule has 35 heavy (non-hydrogen) atoms. The van der Waals surface area contributed by atoms with Crippen LogP contribution >= 0.6 is 0 Å². The first-order chi connectivity index (χ1) is 16.3. The van der Waals surface area contributed by atoms with Gasteiger partial charge in [-0.2, -0.15) is 0 Å². The molecular weight excluding hydrogens is 434 g/mol. The molecule has 5 rings (SSSR count). The minimum atomic E-state index is -0.370. The Labute approximate surface area is 212 Å². The van der Waals surface area contributed by atoms with E-state index in [1.54, 1.807) is 7.11 Å². The number of esters is 1. The van der Waals surface area contributed by atoms with E-state index in [-0.39, 0.29) is 44.9 Å². The third-order valence-corrected chi connectivity index (χ3v) is 12.6. The van der Waals surface area contributed by atoms with Crippen molar-refractivity contribution in [2.75, 3.05) is 7.11 Å². The number of aliphatic hydroxyl groups excluding tert-OH is 1. The second kappa shape index (κ2) is 7.62. The van der Waals surface area contributed by atoms with Crippen molar-refractivity contribution in [1.29, 1.82) is 0 Å². The number of carbonyl (C=O) groups is 1. The minimum Gasteiger partial charge on any atom is -0.523 e. The fraction of sp³-hybridized carbons (Fsp3) is 0.806.